The fourth-order valence-electron chi connectivity index (χ4n) is 5.46. The van der Waals surface area contributed by atoms with Gasteiger partial charge in [0.05, 0.1) is 26.5 Å². The molecule has 0 radical (unpaired) electrons. The molecule has 1 N–H and O–H groups in total. The van der Waals surface area contributed by atoms with Crippen LogP contribution in [0.25, 0.3) is 0 Å². The van der Waals surface area contributed by atoms with Gasteiger partial charge >= 0.3 is 0 Å². The molecule has 0 amide bonds. The second-order valence-electron chi connectivity index (χ2n) is 10.5. The molecule has 3 heterocycles. The fraction of sp³-hybridized carbons (Fsp3) is 0.393. The van der Waals surface area contributed by atoms with E-state index in [1.807, 2.05) is 0 Å². The summed E-state index contributed by atoms with van der Waals surface area (Å²) in [5.74, 6) is -3.43. The third kappa shape index (κ3) is 5.40. The van der Waals surface area contributed by atoms with Gasteiger partial charge < -0.3 is 19.7 Å². The monoisotopic (exact) mass is 610 g/mol. The average molecular weight is 611 g/mol. The zero-order valence-corrected chi connectivity index (χ0v) is 24.3. The van der Waals surface area contributed by atoms with Crippen LogP contribution in [0.15, 0.2) is 47.4 Å². The summed E-state index contributed by atoms with van der Waals surface area (Å²) >= 11 is 6.40. The van der Waals surface area contributed by atoms with Crippen molar-refractivity contribution in [3.05, 3.63) is 70.6 Å². The van der Waals surface area contributed by atoms with Crippen molar-refractivity contribution in [2.45, 2.75) is 37.2 Å². The maximum absolute atomic E-state index is 15.9. The van der Waals surface area contributed by atoms with Crippen molar-refractivity contribution in [2.75, 3.05) is 43.1 Å². The van der Waals surface area contributed by atoms with Crippen molar-refractivity contribution in [3.63, 3.8) is 0 Å². The maximum Gasteiger partial charge on any atom is 0.271 e. The average Bonchev–Trinajstić information content (AvgIpc) is 3.29. The van der Waals surface area contributed by atoms with Crippen LogP contribution in [0.4, 0.5) is 24.7 Å². The van der Waals surface area contributed by atoms with Crippen LogP contribution in [0.1, 0.15) is 25.3 Å². The topological polar surface area (TPSA) is 84.0 Å². The third-order valence-corrected chi connectivity index (χ3v) is 10.1. The lowest BCUT2D eigenvalue weighted by atomic mass is 9.77. The van der Waals surface area contributed by atoms with E-state index in [2.05, 4.69) is 17.2 Å². The van der Waals surface area contributed by atoms with Crippen LogP contribution in [0.5, 0.6) is 11.5 Å². The van der Waals surface area contributed by atoms with Crippen molar-refractivity contribution in [2.24, 2.45) is 5.41 Å². The molecule has 2 unspecified atom stereocenters. The quantitative estimate of drug-likeness (QED) is 0.265. The van der Waals surface area contributed by atoms with Gasteiger partial charge in [0.25, 0.3) is 10.0 Å². The number of nitrogens with one attached hydrogen (secondary N) is 1. The van der Waals surface area contributed by atoms with Crippen LogP contribution in [-0.4, -0.2) is 53.3 Å². The molecule has 0 saturated carbocycles. The van der Waals surface area contributed by atoms with E-state index in [1.165, 1.54) is 38.5 Å². The highest BCUT2D eigenvalue weighted by molar-refractivity contribution is 7.92. The number of hydrogen-bond acceptors (Lipinski definition) is 7. The molecule has 1 aromatic heterocycles. The molecule has 2 aliphatic rings. The van der Waals surface area contributed by atoms with Crippen LogP contribution in [-0.2, 0) is 16.6 Å². The van der Waals surface area contributed by atoms with Gasteiger partial charge in [-0.3, -0.25) is 0 Å². The normalized spacial score (nSPS) is 20.6. The molecule has 220 valence electrons. The minimum Gasteiger partial charge on any atom is -0.497 e. The first-order valence-electron chi connectivity index (χ1n) is 13.0. The van der Waals surface area contributed by atoms with E-state index in [4.69, 9.17) is 21.1 Å². The number of sulfonamides is 1. The van der Waals surface area contributed by atoms with E-state index in [9.17, 15) is 12.8 Å². The van der Waals surface area contributed by atoms with E-state index in [0.29, 0.717) is 34.7 Å². The minimum absolute atomic E-state index is 0.0796. The largest absolute Gasteiger partial charge is 0.497 e. The Morgan fingerprint density at radius 2 is 1.93 bits per heavy atom. The van der Waals surface area contributed by atoms with Crippen LogP contribution in [0.2, 0.25) is 5.02 Å². The Balaban J connectivity index is 1.56. The van der Waals surface area contributed by atoms with Crippen molar-refractivity contribution >= 4 is 33.1 Å². The number of methoxy groups -OCH3 is 2. The molecule has 0 spiro atoms. The van der Waals surface area contributed by atoms with E-state index >= 15 is 8.78 Å². The molecule has 2 aliphatic heterocycles. The Kier molecular flexibility index (Phi) is 8.01. The first kappa shape index (κ1) is 29.3. The molecule has 41 heavy (non-hydrogen) atoms. The Hall–Kier alpha value is -3.22. The molecule has 2 saturated heterocycles. The van der Waals surface area contributed by atoms with Gasteiger partial charge in [-0.2, -0.15) is 4.39 Å². The Morgan fingerprint density at radius 1 is 1.17 bits per heavy atom. The van der Waals surface area contributed by atoms with Gasteiger partial charge in [0.15, 0.2) is 10.7 Å². The van der Waals surface area contributed by atoms with E-state index in [-0.39, 0.29) is 22.7 Å². The SMILES string of the molecule is COc1ccc(CN(c2cccc(F)n2)S(=O)(=O)c2c(F)cc(N3CCC(C)(C4CCN4)C3)c(Cl)c2F)c(OC)c1. The molecule has 8 nitrogen and oxygen atoms in total. The zero-order valence-electron chi connectivity index (χ0n) is 22.8. The van der Waals surface area contributed by atoms with Gasteiger partial charge in [0.1, 0.15) is 28.2 Å². The number of hydrogen-bond donors (Lipinski definition) is 1. The van der Waals surface area contributed by atoms with Crippen LogP contribution >= 0.6 is 11.6 Å². The van der Waals surface area contributed by atoms with Crippen molar-refractivity contribution in [1.29, 1.82) is 0 Å². The molecule has 0 bridgehead atoms. The van der Waals surface area contributed by atoms with Crippen molar-refractivity contribution in [3.8, 4) is 11.5 Å². The summed E-state index contributed by atoms with van der Waals surface area (Å²) in [5.41, 5.74) is 0.277. The van der Waals surface area contributed by atoms with Crippen molar-refractivity contribution < 1.29 is 31.1 Å². The molecule has 2 fully saturated rings. The van der Waals surface area contributed by atoms with E-state index < -0.39 is 44.1 Å². The summed E-state index contributed by atoms with van der Waals surface area (Å²) in [5, 5.41) is 2.88. The van der Waals surface area contributed by atoms with E-state index in [1.54, 1.807) is 11.0 Å². The number of halogens is 4. The molecule has 0 aliphatic carbocycles. The third-order valence-electron chi connectivity index (χ3n) is 7.92. The number of benzene rings is 2. The van der Waals surface area contributed by atoms with Crippen LogP contribution < -0.4 is 24.0 Å². The van der Waals surface area contributed by atoms with Gasteiger partial charge in [-0.05, 0) is 43.7 Å². The first-order chi connectivity index (χ1) is 19.5. The first-order valence-corrected chi connectivity index (χ1v) is 14.8. The number of rotatable bonds is 9. The second-order valence-corrected chi connectivity index (χ2v) is 12.6. The van der Waals surface area contributed by atoms with Gasteiger partial charge in [-0.1, -0.05) is 24.6 Å². The smallest absolute Gasteiger partial charge is 0.271 e. The predicted octanol–water partition coefficient (Wildman–Crippen LogP) is 5.14. The molecule has 5 rings (SSSR count). The van der Waals surface area contributed by atoms with Gasteiger partial charge in [-0.25, -0.2) is 26.5 Å². The van der Waals surface area contributed by atoms with Crippen LogP contribution in [0.3, 0.4) is 0 Å². The minimum atomic E-state index is -5.01. The second kappa shape index (κ2) is 11.2. The van der Waals surface area contributed by atoms with Gasteiger partial charge in [0.2, 0.25) is 5.95 Å². The van der Waals surface area contributed by atoms with E-state index in [0.717, 1.165) is 31.5 Å². The van der Waals surface area contributed by atoms with Gasteiger partial charge in [0, 0.05) is 42.2 Å². The Morgan fingerprint density at radius 3 is 2.56 bits per heavy atom. The molecular weight excluding hydrogens is 581 g/mol. The number of aromatic nitrogens is 1. The summed E-state index contributed by atoms with van der Waals surface area (Å²) in [6.07, 6.45) is 1.80. The fourth-order valence-corrected chi connectivity index (χ4v) is 7.30. The standard InChI is InChI=1S/C28H30ClF3N4O4S/c1-28(22-9-11-33-22)10-12-35(16-28)20-14-19(30)27(26(32)25(20)29)41(37,38)36(24-6-4-5-23(31)34-24)15-17-7-8-18(39-2)13-21(17)40-3/h4-8,13-14,22,33H,9-12,15-16H2,1-3H3. The molecule has 2 atom stereocenters. The Bertz CT molecular complexity index is 1570. The predicted molar refractivity (Wildman–Crippen MR) is 150 cm³/mol. The summed E-state index contributed by atoms with van der Waals surface area (Å²) < 4.78 is 84.9. The van der Waals surface area contributed by atoms with Gasteiger partial charge in [-0.15, -0.1) is 0 Å². The summed E-state index contributed by atoms with van der Waals surface area (Å²) in [7, 11) is -2.18. The summed E-state index contributed by atoms with van der Waals surface area (Å²) in [4.78, 5) is 4.20. The molecular formula is C28H30ClF3N4O4S. The molecule has 2 aromatic carbocycles. The summed E-state index contributed by atoms with van der Waals surface area (Å²) in [6, 6.07) is 9.36. The van der Waals surface area contributed by atoms with Crippen LogP contribution in [0, 0.1) is 23.0 Å². The number of nitrogens with zero attached hydrogens (tertiary/aromatic N) is 3. The Labute approximate surface area is 242 Å². The van der Waals surface area contributed by atoms with Crippen molar-refractivity contribution in [1.82, 2.24) is 10.3 Å². The lowest BCUT2D eigenvalue weighted by Gasteiger charge is -2.41. The molecule has 13 heteroatoms. The highest BCUT2D eigenvalue weighted by Crippen LogP contribution is 2.43. The maximum atomic E-state index is 15.9. The number of pyridine rings is 1. The number of anilines is 2. The number of ether oxygens (including phenoxy) is 2. The lowest BCUT2D eigenvalue weighted by Crippen LogP contribution is -2.54. The molecule has 3 aromatic rings. The highest BCUT2D eigenvalue weighted by Gasteiger charge is 2.44. The summed E-state index contributed by atoms with van der Waals surface area (Å²) in [6.45, 7) is 3.57. The lowest BCUT2D eigenvalue weighted by molar-refractivity contribution is 0.175. The zero-order chi connectivity index (χ0) is 29.5. The highest BCUT2D eigenvalue weighted by atomic mass is 35.5.